The average molecular weight is 481 g/mol. The standard InChI is InChI=1S/C22H14Cl2N6O3/c1-29-19-16(26-22(29)27-18-13(23)6-3-7-14(18)24)9-8-15-17(19)21(31)28-20(25-15)11-4-2-5-12(10-11)30(32)33/h2-10H,1H3,(H,26,27)(H,25,28,31). The molecule has 9 nitrogen and oxygen atoms in total. The molecule has 0 saturated carbocycles. The number of halogens is 2. The van der Waals surface area contributed by atoms with Gasteiger partial charge in [-0.15, -0.1) is 0 Å². The number of hydrogen-bond donors (Lipinski definition) is 2. The Bertz CT molecular complexity index is 1620. The summed E-state index contributed by atoms with van der Waals surface area (Å²) in [4.78, 5) is 35.6. The van der Waals surface area contributed by atoms with Crippen LogP contribution in [-0.2, 0) is 7.05 Å². The average Bonchev–Trinajstić information content (AvgIpc) is 3.11. The third-order valence-corrected chi connectivity index (χ3v) is 5.87. The molecule has 0 spiro atoms. The number of para-hydroxylation sites is 1. The number of anilines is 2. The number of benzene rings is 3. The monoisotopic (exact) mass is 480 g/mol. The number of fused-ring (bicyclic) bond motifs is 3. The minimum Gasteiger partial charge on any atom is -0.323 e. The van der Waals surface area contributed by atoms with Gasteiger partial charge < -0.3 is 14.9 Å². The van der Waals surface area contributed by atoms with E-state index >= 15 is 0 Å². The minimum atomic E-state index is -0.498. The quantitative estimate of drug-likeness (QED) is 0.261. The van der Waals surface area contributed by atoms with Crippen LogP contribution in [0, 0.1) is 10.1 Å². The molecule has 11 heteroatoms. The Labute approximate surface area is 195 Å². The highest BCUT2D eigenvalue weighted by Gasteiger charge is 2.18. The molecule has 33 heavy (non-hydrogen) atoms. The van der Waals surface area contributed by atoms with Gasteiger partial charge in [-0.25, -0.2) is 9.97 Å². The lowest BCUT2D eigenvalue weighted by molar-refractivity contribution is -0.384. The zero-order valence-electron chi connectivity index (χ0n) is 17.0. The Morgan fingerprint density at radius 2 is 1.73 bits per heavy atom. The fourth-order valence-corrected chi connectivity index (χ4v) is 4.17. The van der Waals surface area contributed by atoms with Gasteiger partial charge in [0.1, 0.15) is 5.82 Å². The molecule has 0 aliphatic heterocycles. The summed E-state index contributed by atoms with van der Waals surface area (Å²) in [6, 6.07) is 14.5. The van der Waals surface area contributed by atoms with E-state index in [1.54, 1.807) is 54.1 Å². The minimum absolute atomic E-state index is 0.0914. The van der Waals surface area contributed by atoms with Gasteiger partial charge in [-0.2, -0.15) is 0 Å². The normalized spacial score (nSPS) is 11.2. The summed E-state index contributed by atoms with van der Waals surface area (Å²) in [5.41, 5.74) is 2.03. The van der Waals surface area contributed by atoms with Crippen LogP contribution in [0.25, 0.3) is 33.3 Å². The van der Waals surface area contributed by atoms with Crippen molar-refractivity contribution in [1.82, 2.24) is 19.5 Å². The number of rotatable bonds is 4. The molecule has 0 unspecified atom stereocenters. The zero-order chi connectivity index (χ0) is 23.3. The number of non-ortho nitro benzene ring substituents is 1. The number of imidazole rings is 1. The maximum Gasteiger partial charge on any atom is 0.270 e. The number of aromatic nitrogens is 4. The summed E-state index contributed by atoms with van der Waals surface area (Å²) in [7, 11) is 1.76. The second kappa shape index (κ2) is 7.88. The molecular weight excluding hydrogens is 467 g/mol. The van der Waals surface area contributed by atoms with Crippen molar-refractivity contribution in [2.75, 3.05) is 5.32 Å². The summed E-state index contributed by atoms with van der Waals surface area (Å²) in [6.07, 6.45) is 0. The molecule has 0 aliphatic carbocycles. The van der Waals surface area contributed by atoms with E-state index in [1.807, 2.05) is 0 Å². The molecule has 0 atom stereocenters. The van der Waals surface area contributed by atoms with Gasteiger partial charge in [0.25, 0.3) is 11.2 Å². The van der Waals surface area contributed by atoms with Crippen molar-refractivity contribution < 1.29 is 4.92 Å². The smallest absolute Gasteiger partial charge is 0.270 e. The zero-order valence-corrected chi connectivity index (χ0v) is 18.5. The van der Waals surface area contributed by atoms with Crippen LogP contribution < -0.4 is 10.9 Å². The van der Waals surface area contributed by atoms with Crippen molar-refractivity contribution >= 4 is 62.5 Å². The van der Waals surface area contributed by atoms with Gasteiger partial charge in [0, 0.05) is 24.7 Å². The molecule has 0 aliphatic rings. The Morgan fingerprint density at radius 1 is 1.03 bits per heavy atom. The third kappa shape index (κ3) is 3.57. The fraction of sp³-hybridized carbons (Fsp3) is 0.0455. The predicted octanol–water partition coefficient (Wildman–Crippen LogP) is 5.44. The molecule has 0 fully saturated rings. The van der Waals surface area contributed by atoms with Gasteiger partial charge in [0.15, 0.2) is 0 Å². The van der Waals surface area contributed by atoms with Crippen LogP contribution in [0.15, 0.2) is 59.4 Å². The lowest BCUT2D eigenvalue weighted by Gasteiger charge is -2.10. The predicted molar refractivity (Wildman–Crippen MR) is 128 cm³/mol. The van der Waals surface area contributed by atoms with Crippen molar-refractivity contribution in [3.05, 3.63) is 85.1 Å². The van der Waals surface area contributed by atoms with Gasteiger partial charge >= 0.3 is 0 Å². The lowest BCUT2D eigenvalue weighted by Crippen LogP contribution is -2.11. The largest absolute Gasteiger partial charge is 0.323 e. The van der Waals surface area contributed by atoms with Crippen molar-refractivity contribution in [2.24, 2.45) is 7.05 Å². The molecule has 0 radical (unpaired) electrons. The molecule has 0 amide bonds. The molecule has 5 rings (SSSR count). The Kier molecular flexibility index (Phi) is 4.99. The molecule has 2 aromatic heterocycles. The van der Waals surface area contributed by atoms with Gasteiger partial charge in [0.2, 0.25) is 5.95 Å². The first kappa shape index (κ1) is 20.9. The molecule has 2 N–H and O–H groups in total. The topological polar surface area (TPSA) is 119 Å². The van der Waals surface area contributed by atoms with Crippen molar-refractivity contribution in [1.29, 1.82) is 0 Å². The van der Waals surface area contributed by atoms with Crippen LogP contribution in [-0.4, -0.2) is 24.4 Å². The van der Waals surface area contributed by atoms with Crippen molar-refractivity contribution in [3.63, 3.8) is 0 Å². The van der Waals surface area contributed by atoms with Gasteiger partial charge in [-0.1, -0.05) is 41.4 Å². The lowest BCUT2D eigenvalue weighted by atomic mass is 10.1. The van der Waals surface area contributed by atoms with Crippen LogP contribution in [0.3, 0.4) is 0 Å². The number of aromatic amines is 1. The first-order valence-corrected chi connectivity index (χ1v) is 10.4. The molecule has 0 saturated heterocycles. The fourth-order valence-electron chi connectivity index (χ4n) is 3.67. The third-order valence-electron chi connectivity index (χ3n) is 5.24. The van der Waals surface area contributed by atoms with E-state index in [9.17, 15) is 14.9 Å². The number of nitrogens with zero attached hydrogens (tertiary/aromatic N) is 4. The van der Waals surface area contributed by atoms with Crippen molar-refractivity contribution in [2.45, 2.75) is 0 Å². The molecular formula is C22H14Cl2N6O3. The first-order chi connectivity index (χ1) is 15.8. The second-order valence-corrected chi connectivity index (χ2v) is 8.08. The summed E-state index contributed by atoms with van der Waals surface area (Å²) in [5.74, 6) is 0.675. The van der Waals surface area contributed by atoms with Crippen LogP contribution >= 0.6 is 23.2 Å². The van der Waals surface area contributed by atoms with E-state index in [0.717, 1.165) is 0 Å². The molecule has 2 heterocycles. The maximum absolute atomic E-state index is 13.1. The van der Waals surface area contributed by atoms with E-state index in [1.165, 1.54) is 12.1 Å². The second-order valence-electron chi connectivity index (χ2n) is 7.27. The highest BCUT2D eigenvalue weighted by atomic mass is 35.5. The van der Waals surface area contributed by atoms with E-state index in [4.69, 9.17) is 23.2 Å². The number of nitro groups is 1. The first-order valence-electron chi connectivity index (χ1n) is 9.69. The van der Waals surface area contributed by atoms with E-state index in [0.29, 0.717) is 49.2 Å². The summed E-state index contributed by atoms with van der Waals surface area (Å²) < 4.78 is 1.72. The summed E-state index contributed by atoms with van der Waals surface area (Å²) in [5, 5.41) is 15.4. The van der Waals surface area contributed by atoms with Crippen LogP contribution in [0.5, 0.6) is 0 Å². The Balaban J connectivity index is 1.67. The molecule has 164 valence electrons. The van der Waals surface area contributed by atoms with E-state index in [-0.39, 0.29) is 11.5 Å². The number of aryl methyl sites for hydroxylation is 1. The molecule has 3 aromatic carbocycles. The Hall–Kier alpha value is -3.95. The number of nitro benzene ring substituents is 1. The summed E-state index contributed by atoms with van der Waals surface area (Å²) in [6.45, 7) is 0. The van der Waals surface area contributed by atoms with Crippen LogP contribution in [0.2, 0.25) is 10.0 Å². The molecule has 0 bridgehead atoms. The maximum atomic E-state index is 13.1. The van der Waals surface area contributed by atoms with Crippen LogP contribution in [0.4, 0.5) is 17.3 Å². The SMILES string of the molecule is Cn1c(Nc2c(Cl)cccc2Cl)nc2ccc3nc(-c4cccc([N+](=O)[O-])c4)[nH]c(=O)c3c21. The highest BCUT2D eigenvalue weighted by Crippen LogP contribution is 2.34. The van der Waals surface area contributed by atoms with Gasteiger partial charge in [0.05, 0.1) is 42.6 Å². The van der Waals surface area contributed by atoms with Gasteiger partial charge in [-0.3, -0.25) is 14.9 Å². The number of H-pyrrole nitrogens is 1. The van der Waals surface area contributed by atoms with E-state index in [2.05, 4.69) is 20.3 Å². The summed E-state index contributed by atoms with van der Waals surface area (Å²) >= 11 is 12.5. The van der Waals surface area contributed by atoms with Crippen molar-refractivity contribution in [3.8, 4) is 11.4 Å². The highest BCUT2D eigenvalue weighted by molar-refractivity contribution is 6.39. The number of nitrogens with one attached hydrogen (secondary N) is 2. The van der Waals surface area contributed by atoms with Gasteiger partial charge in [-0.05, 0) is 24.3 Å². The number of hydrogen-bond acceptors (Lipinski definition) is 6. The van der Waals surface area contributed by atoms with Crippen LogP contribution in [0.1, 0.15) is 0 Å². The Morgan fingerprint density at radius 3 is 2.45 bits per heavy atom. The van der Waals surface area contributed by atoms with E-state index < -0.39 is 10.5 Å². The molecule has 5 aromatic rings.